The second-order valence-corrected chi connectivity index (χ2v) is 5.98. The maximum atomic E-state index is 10.3. The topological polar surface area (TPSA) is 42.4 Å². The Bertz CT molecular complexity index is 567. The molecule has 1 N–H and O–H groups in total. The molecule has 2 unspecified atom stereocenters. The van der Waals surface area contributed by atoms with E-state index >= 15 is 0 Å². The minimum Gasteiger partial charge on any atom is -0.493 e. The smallest absolute Gasteiger partial charge is 0.122 e. The van der Waals surface area contributed by atoms with Crippen LogP contribution in [0.5, 0.6) is 5.75 Å². The van der Waals surface area contributed by atoms with Crippen molar-refractivity contribution in [2.45, 2.75) is 31.8 Å². The highest BCUT2D eigenvalue weighted by molar-refractivity contribution is 7.09. The highest BCUT2D eigenvalue weighted by atomic mass is 32.1. The number of hydrogen-bond donors (Lipinski definition) is 1. The molecule has 1 aromatic heterocycles. The Hall–Kier alpha value is -1.39. The first-order chi connectivity index (χ1) is 9.24. The highest BCUT2D eigenvalue weighted by Crippen LogP contribution is 2.38. The van der Waals surface area contributed by atoms with Crippen LogP contribution in [0.4, 0.5) is 0 Å². The molecule has 2 aromatic rings. The first kappa shape index (κ1) is 12.6. The van der Waals surface area contributed by atoms with Gasteiger partial charge in [0.1, 0.15) is 5.75 Å². The Balaban J connectivity index is 1.77. The summed E-state index contributed by atoms with van der Waals surface area (Å²) in [7, 11) is 0. The molecule has 2 heterocycles. The summed E-state index contributed by atoms with van der Waals surface area (Å²) in [5.74, 6) is 1.31. The normalized spacial score (nSPS) is 19.6. The number of aryl methyl sites for hydroxylation is 1. The number of nitrogens with zero attached hydrogens (tertiary/aromatic N) is 1. The van der Waals surface area contributed by atoms with Gasteiger partial charge in [0.15, 0.2) is 0 Å². The Morgan fingerprint density at radius 2 is 2.32 bits per heavy atom. The van der Waals surface area contributed by atoms with Gasteiger partial charge in [0.05, 0.1) is 23.4 Å². The van der Waals surface area contributed by atoms with Gasteiger partial charge in [-0.1, -0.05) is 18.2 Å². The first-order valence-corrected chi connectivity index (χ1v) is 7.44. The average Bonchev–Trinajstić information content (AvgIpc) is 2.86. The zero-order valence-electron chi connectivity index (χ0n) is 10.9. The van der Waals surface area contributed by atoms with Crippen LogP contribution >= 0.6 is 11.3 Å². The van der Waals surface area contributed by atoms with Crippen LogP contribution in [-0.4, -0.2) is 16.7 Å². The molecule has 3 nitrogen and oxygen atoms in total. The molecule has 0 fully saturated rings. The van der Waals surface area contributed by atoms with E-state index in [-0.39, 0.29) is 0 Å². The fraction of sp³-hybridized carbons (Fsp3) is 0.400. The van der Waals surface area contributed by atoms with Crippen LogP contribution < -0.4 is 4.74 Å². The molecule has 100 valence electrons. The number of benzene rings is 1. The molecule has 1 aliphatic rings. The van der Waals surface area contributed by atoms with Crippen LogP contribution in [0.1, 0.15) is 41.1 Å². The molecule has 19 heavy (non-hydrogen) atoms. The summed E-state index contributed by atoms with van der Waals surface area (Å²) in [5, 5.41) is 13.3. The summed E-state index contributed by atoms with van der Waals surface area (Å²) in [6.45, 7) is 2.69. The quantitative estimate of drug-likeness (QED) is 0.933. The van der Waals surface area contributed by atoms with Crippen molar-refractivity contribution < 1.29 is 9.84 Å². The van der Waals surface area contributed by atoms with Crippen molar-refractivity contribution in [1.29, 1.82) is 0 Å². The van der Waals surface area contributed by atoms with Crippen molar-refractivity contribution in [3.05, 3.63) is 45.9 Å². The number of aromatic nitrogens is 1. The third-order valence-electron chi connectivity index (χ3n) is 3.57. The SMILES string of the molecule is Cc1nc(C(O)CC2CCOc3ccccc32)cs1. The first-order valence-electron chi connectivity index (χ1n) is 6.56. The second kappa shape index (κ2) is 5.31. The number of fused-ring (bicyclic) bond motifs is 1. The molecule has 0 spiro atoms. The number of para-hydroxylation sites is 1. The Morgan fingerprint density at radius 3 is 3.11 bits per heavy atom. The van der Waals surface area contributed by atoms with E-state index in [1.165, 1.54) is 5.56 Å². The molecular formula is C15H17NO2S. The molecule has 0 radical (unpaired) electrons. The van der Waals surface area contributed by atoms with E-state index in [1.54, 1.807) is 11.3 Å². The van der Waals surface area contributed by atoms with Crippen molar-refractivity contribution in [2.75, 3.05) is 6.61 Å². The van der Waals surface area contributed by atoms with Gasteiger partial charge in [-0.25, -0.2) is 4.98 Å². The van der Waals surface area contributed by atoms with Gasteiger partial charge in [-0.15, -0.1) is 11.3 Å². The van der Waals surface area contributed by atoms with E-state index in [9.17, 15) is 5.11 Å². The monoisotopic (exact) mass is 275 g/mol. The molecule has 1 aromatic carbocycles. The van der Waals surface area contributed by atoms with Gasteiger partial charge in [-0.05, 0) is 37.3 Å². The molecular weight excluding hydrogens is 258 g/mol. The van der Waals surface area contributed by atoms with Gasteiger partial charge in [0.25, 0.3) is 0 Å². The lowest BCUT2D eigenvalue weighted by Crippen LogP contribution is -2.16. The molecule has 3 rings (SSSR count). The Morgan fingerprint density at radius 1 is 1.47 bits per heavy atom. The van der Waals surface area contributed by atoms with Gasteiger partial charge in [0, 0.05) is 5.38 Å². The predicted molar refractivity (Wildman–Crippen MR) is 75.7 cm³/mol. The summed E-state index contributed by atoms with van der Waals surface area (Å²) in [6.07, 6.45) is 1.18. The summed E-state index contributed by atoms with van der Waals surface area (Å²) in [4.78, 5) is 4.37. The van der Waals surface area contributed by atoms with E-state index < -0.39 is 6.10 Å². The van der Waals surface area contributed by atoms with E-state index in [0.717, 1.165) is 29.5 Å². The second-order valence-electron chi connectivity index (χ2n) is 4.91. The number of hydrogen-bond acceptors (Lipinski definition) is 4. The van der Waals surface area contributed by atoms with E-state index in [0.29, 0.717) is 12.3 Å². The van der Waals surface area contributed by atoms with Crippen LogP contribution in [0.3, 0.4) is 0 Å². The molecule has 2 atom stereocenters. The maximum Gasteiger partial charge on any atom is 0.122 e. The van der Waals surface area contributed by atoms with Gasteiger partial charge in [-0.2, -0.15) is 0 Å². The van der Waals surface area contributed by atoms with Gasteiger partial charge < -0.3 is 9.84 Å². The predicted octanol–water partition coefficient (Wildman–Crippen LogP) is 3.44. The van der Waals surface area contributed by atoms with Crippen LogP contribution in [-0.2, 0) is 0 Å². The van der Waals surface area contributed by atoms with Crippen molar-refractivity contribution in [3.63, 3.8) is 0 Å². The minimum atomic E-state index is -0.485. The Kier molecular flexibility index (Phi) is 3.53. The van der Waals surface area contributed by atoms with E-state index in [4.69, 9.17) is 4.74 Å². The Labute approximate surface area is 116 Å². The van der Waals surface area contributed by atoms with Crippen molar-refractivity contribution in [2.24, 2.45) is 0 Å². The third kappa shape index (κ3) is 2.65. The fourth-order valence-electron chi connectivity index (χ4n) is 2.58. The standard InChI is InChI=1S/C15H17NO2S/c1-10-16-13(9-19-10)14(17)8-11-6-7-18-15-5-3-2-4-12(11)15/h2-5,9,11,14,17H,6-8H2,1H3. The number of thiazole rings is 1. The summed E-state index contributed by atoms with van der Waals surface area (Å²) in [6, 6.07) is 8.11. The number of rotatable bonds is 3. The van der Waals surface area contributed by atoms with Crippen LogP contribution in [0, 0.1) is 6.92 Å². The minimum absolute atomic E-state index is 0.349. The zero-order valence-corrected chi connectivity index (χ0v) is 11.7. The highest BCUT2D eigenvalue weighted by Gasteiger charge is 2.24. The molecule has 1 aliphatic heterocycles. The lowest BCUT2D eigenvalue weighted by atomic mass is 9.88. The molecule has 4 heteroatoms. The average molecular weight is 275 g/mol. The largest absolute Gasteiger partial charge is 0.493 e. The maximum absolute atomic E-state index is 10.3. The van der Waals surface area contributed by atoms with Gasteiger partial charge >= 0.3 is 0 Å². The number of aliphatic hydroxyl groups excluding tert-OH is 1. The molecule has 0 aliphatic carbocycles. The van der Waals surface area contributed by atoms with E-state index in [2.05, 4.69) is 11.1 Å². The van der Waals surface area contributed by atoms with Crippen molar-refractivity contribution in [1.82, 2.24) is 4.98 Å². The number of ether oxygens (including phenoxy) is 1. The lowest BCUT2D eigenvalue weighted by Gasteiger charge is -2.27. The van der Waals surface area contributed by atoms with Crippen LogP contribution in [0.25, 0.3) is 0 Å². The fourth-order valence-corrected chi connectivity index (χ4v) is 3.24. The van der Waals surface area contributed by atoms with Crippen LogP contribution in [0.2, 0.25) is 0 Å². The summed E-state index contributed by atoms with van der Waals surface area (Å²) in [5.41, 5.74) is 2.01. The molecule has 0 saturated carbocycles. The zero-order chi connectivity index (χ0) is 13.2. The van der Waals surface area contributed by atoms with Gasteiger partial charge in [0.2, 0.25) is 0 Å². The summed E-state index contributed by atoms with van der Waals surface area (Å²) < 4.78 is 5.65. The van der Waals surface area contributed by atoms with Crippen molar-refractivity contribution >= 4 is 11.3 Å². The molecule has 0 amide bonds. The van der Waals surface area contributed by atoms with Crippen LogP contribution in [0.15, 0.2) is 29.6 Å². The van der Waals surface area contributed by atoms with E-state index in [1.807, 2.05) is 30.5 Å². The summed E-state index contributed by atoms with van der Waals surface area (Å²) >= 11 is 1.58. The number of aliphatic hydroxyl groups is 1. The molecule has 0 saturated heterocycles. The third-order valence-corrected chi connectivity index (χ3v) is 4.36. The van der Waals surface area contributed by atoms with Crippen molar-refractivity contribution in [3.8, 4) is 5.75 Å². The lowest BCUT2D eigenvalue weighted by molar-refractivity contribution is 0.141. The molecule has 0 bridgehead atoms. The van der Waals surface area contributed by atoms with Gasteiger partial charge in [-0.3, -0.25) is 0 Å².